The summed E-state index contributed by atoms with van der Waals surface area (Å²) in [6.07, 6.45) is 0. The van der Waals surface area contributed by atoms with Crippen molar-refractivity contribution in [3.8, 4) is 0 Å². The molecule has 3 amide bonds. The van der Waals surface area contributed by atoms with Crippen LogP contribution in [0.15, 0.2) is 0 Å². The predicted octanol–water partition coefficient (Wildman–Crippen LogP) is -9.15. The number of carbonyl (C=O) groups is 3. The Balaban J connectivity index is 2.29. The highest BCUT2D eigenvalue weighted by molar-refractivity contribution is 6.52. The highest BCUT2D eigenvalue weighted by Gasteiger charge is 2.63. The first kappa shape index (κ1) is 20.6. The van der Waals surface area contributed by atoms with Crippen molar-refractivity contribution in [1.29, 1.82) is 0 Å². The third-order valence-corrected chi connectivity index (χ3v) is 6.46. The number of benzene rings is 1. The number of nitrogens with one attached hydrogen (secondary N) is 1. The molecule has 0 radical (unpaired) electrons. The third-order valence-electron chi connectivity index (χ3n) is 6.46. The number of piperidine rings is 1. The Labute approximate surface area is 166 Å². The summed E-state index contributed by atoms with van der Waals surface area (Å²) in [4.78, 5) is 39.0. The van der Waals surface area contributed by atoms with Gasteiger partial charge in [0.05, 0.1) is 0 Å². The number of hydrogen-bond acceptors (Lipinski definition) is 6. The Hall–Kier alpha value is -2.13. The summed E-state index contributed by atoms with van der Waals surface area (Å²) >= 11 is 0. The molecule has 0 aliphatic carbocycles. The van der Waals surface area contributed by atoms with Gasteiger partial charge in [-0.25, -0.2) is 4.39 Å². The first-order valence-corrected chi connectivity index (χ1v) is 8.82. The molecule has 0 bridgehead atoms. The molecule has 2 heterocycles. The van der Waals surface area contributed by atoms with Crippen LogP contribution in [0.5, 0.6) is 0 Å². The molecule has 8 nitrogen and oxygen atoms in total. The van der Waals surface area contributed by atoms with Crippen molar-refractivity contribution in [2.75, 3.05) is 5.73 Å². The number of nitrogens with two attached hydrogens (primary N) is 1. The van der Waals surface area contributed by atoms with E-state index in [4.69, 9.17) is 5.73 Å². The summed E-state index contributed by atoms with van der Waals surface area (Å²) in [6, 6.07) is -1.42. The van der Waals surface area contributed by atoms with Crippen molar-refractivity contribution in [2.45, 2.75) is 22.4 Å². The number of carbonyl (C=O) groups excluding carboxylic acids is 3. The Kier molecular flexibility index (Phi) is 4.19. The van der Waals surface area contributed by atoms with Gasteiger partial charge in [-0.05, 0) is 16.1 Å². The highest BCUT2D eigenvalue weighted by atomic mass is 19.1. The topological polar surface area (TPSA) is 133 Å². The number of anilines is 1. The van der Waals surface area contributed by atoms with Gasteiger partial charge < -0.3 is 20.8 Å². The van der Waals surface area contributed by atoms with Crippen LogP contribution in [0.3, 0.4) is 0 Å². The van der Waals surface area contributed by atoms with Crippen LogP contribution in [-0.4, -0.2) is 91.5 Å². The fourth-order valence-corrected chi connectivity index (χ4v) is 4.21. The smallest absolute Gasteiger partial charge is 0.256 e. The average molecular weight is 380 g/mol. The van der Waals surface area contributed by atoms with E-state index in [9.17, 15) is 29.0 Å². The fraction of sp³-hybridized carbons (Fsp3) is 0.308. The number of rotatable bonds is 1. The molecule has 3 atom stereocenters. The average Bonchev–Trinajstić information content (AvgIpc) is 2.77. The molecule has 140 valence electrons. The second-order valence-corrected chi connectivity index (χ2v) is 8.44. The first-order valence-electron chi connectivity index (χ1n) is 8.82. The maximum Gasteiger partial charge on any atom is 0.256 e. The summed E-state index contributed by atoms with van der Waals surface area (Å²) in [5, 5.41) is 22.6. The van der Waals surface area contributed by atoms with Crippen LogP contribution >= 0.6 is 0 Å². The summed E-state index contributed by atoms with van der Waals surface area (Å²) in [5.74, 6) is -3.23. The zero-order valence-electron chi connectivity index (χ0n) is 16.6. The van der Waals surface area contributed by atoms with Crippen LogP contribution in [0.25, 0.3) is 0 Å². The van der Waals surface area contributed by atoms with Crippen LogP contribution in [0.1, 0.15) is 15.9 Å². The van der Waals surface area contributed by atoms with Crippen LogP contribution in [-0.2, 0) is 15.2 Å². The predicted molar refractivity (Wildman–Crippen MR) is 116 cm³/mol. The van der Waals surface area contributed by atoms with Gasteiger partial charge in [-0.2, -0.15) is 0 Å². The van der Waals surface area contributed by atoms with Gasteiger partial charge in [0, 0.05) is 16.8 Å². The summed E-state index contributed by atoms with van der Waals surface area (Å²) in [7, 11) is 8.23. The van der Waals surface area contributed by atoms with E-state index in [2.05, 4.69) is 5.32 Å². The first-order chi connectivity index (χ1) is 12.6. The van der Waals surface area contributed by atoms with Crippen LogP contribution in [0, 0.1) is 5.82 Å². The molecule has 0 spiro atoms. The van der Waals surface area contributed by atoms with Crippen molar-refractivity contribution in [3.63, 3.8) is 0 Å². The number of imide groups is 1. The minimum Gasteiger partial charge on any atom is -0.399 e. The summed E-state index contributed by atoms with van der Waals surface area (Å²) in [5.41, 5.74) is 1.84. The molecule has 3 unspecified atom stereocenters. The largest absolute Gasteiger partial charge is 0.399 e. The van der Waals surface area contributed by atoms with E-state index in [1.807, 2.05) is 0 Å². The van der Waals surface area contributed by atoms with Gasteiger partial charge >= 0.3 is 0 Å². The van der Waals surface area contributed by atoms with E-state index in [1.165, 1.54) is 47.1 Å². The van der Waals surface area contributed by atoms with Crippen LogP contribution in [0.2, 0.25) is 5.21 Å². The van der Waals surface area contributed by atoms with E-state index in [1.54, 1.807) is 0 Å². The molecule has 15 heteroatoms. The molecule has 2 aliphatic rings. The lowest BCUT2D eigenvalue weighted by Crippen LogP contribution is -2.74. The van der Waals surface area contributed by atoms with Gasteiger partial charge in [-0.3, -0.25) is 19.7 Å². The third kappa shape index (κ3) is 2.23. The molecule has 3 rings (SSSR count). The molecular formula is C13H18B6FN3O5. The van der Waals surface area contributed by atoms with E-state index in [0.717, 1.165) is 4.90 Å². The molecule has 28 heavy (non-hydrogen) atoms. The monoisotopic (exact) mass is 381 g/mol. The van der Waals surface area contributed by atoms with Gasteiger partial charge in [-0.1, -0.05) is 0 Å². The number of nitrogens with zero attached hydrogens (tertiary/aromatic N) is 1. The number of fused-ring (bicyclic) bond motifs is 1. The summed E-state index contributed by atoms with van der Waals surface area (Å²) in [6.45, 7) is 0. The van der Waals surface area contributed by atoms with Crippen molar-refractivity contribution in [1.82, 2.24) is 10.2 Å². The summed E-state index contributed by atoms with van der Waals surface area (Å²) < 4.78 is 14.5. The molecular weight excluding hydrogens is 362 g/mol. The van der Waals surface area contributed by atoms with Gasteiger partial charge in [0.25, 0.3) is 5.91 Å². The molecule has 0 aromatic heterocycles. The van der Waals surface area contributed by atoms with Crippen LogP contribution < -0.4 is 22.0 Å². The Morgan fingerprint density at radius 3 is 2.14 bits per heavy atom. The van der Waals surface area contributed by atoms with Crippen LogP contribution in [0.4, 0.5) is 10.1 Å². The van der Waals surface area contributed by atoms with Crippen molar-refractivity contribution < 1.29 is 29.0 Å². The van der Waals surface area contributed by atoms with Crippen molar-refractivity contribution in [2.24, 2.45) is 0 Å². The molecule has 5 N–H and O–H groups in total. The number of nitrogen functional groups attached to an aromatic ring is 1. The van der Waals surface area contributed by atoms with E-state index in [0.29, 0.717) is 0 Å². The minimum atomic E-state index is -2.06. The zero-order chi connectivity index (χ0) is 21.6. The molecule has 1 aromatic carbocycles. The SMILES string of the molecule is Bc1c(N)c2c(c(B)c1F)C(=O)N(C1C(=O)NC(=O)C(B)(O)C1(B)B)C2(B)O. The standard InChI is InChI=1S/C13H18B6FN3O5/c14-3-1-2(6(21)4(15)5(3)20)13(19,28)23(9(1)25)7-8(24)22-10(26)12(18,27)11(7,16)17/h7,27-28H,14-19,21H2,(H,22,24,26). The van der Waals surface area contributed by atoms with E-state index in [-0.39, 0.29) is 27.7 Å². The molecule has 1 saturated heterocycles. The molecule has 2 aliphatic heterocycles. The van der Waals surface area contributed by atoms with Crippen molar-refractivity contribution >= 4 is 81.4 Å². The fourth-order valence-electron chi connectivity index (χ4n) is 4.21. The molecule has 1 aromatic rings. The maximum absolute atomic E-state index is 14.5. The number of amides is 3. The lowest BCUT2D eigenvalue weighted by Gasteiger charge is -2.53. The lowest BCUT2D eigenvalue weighted by atomic mass is 9.36. The normalized spacial score (nSPS) is 31.6. The Bertz CT molecular complexity index is 969. The quantitative estimate of drug-likeness (QED) is 0.217. The Morgan fingerprint density at radius 2 is 1.61 bits per heavy atom. The second kappa shape index (κ2) is 5.70. The lowest BCUT2D eigenvalue weighted by molar-refractivity contribution is -0.153. The Morgan fingerprint density at radius 1 is 1.07 bits per heavy atom. The van der Waals surface area contributed by atoms with Crippen molar-refractivity contribution in [3.05, 3.63) is 16.9 Å². The maximum atomic E-state index is 14.5. The van der Waals surface area contributed by atoms with Gasteiger partial charge in [0.15, 0.2) is 15.7 Å². The minimum absolute atomic E-state index is 0.00587. The van der Waals surface area contributed by atoms with Gasteiger partial charge in [0.2, 0.25) is 11.8 Å². The molecule has 0 saturated carbocycles. The number of aliphatic hydroxyl groups is 2. The second-order valence-electron chi connectivity index (χ2n) is 8.44. The van der Waals surface area contributed by atoms with E-state index >= 15 is 0 Å². The highest BCUT2D eigenvalue weighted by Crippen LogP contribution is 2.47. The van der Waals surface area contributed by atoms with Gasteiger partial charge in [0.1, 0.15) is 54.4 Å². The zero-order valence-corrected chi connectivity index (χ0v) is 16.6. The van der Waals surface area contributed by atoms with Gasteiger partial charge in [-0.15, -0.1) is 0 Å². The number of hydrogen-bond donors (Lipinski definition) is 4. The van der Waals surface area contributed by atoms with E-state index < -0.39 is 45.9 Å². The number of halogens is 1. The molecule has 1 fully saturated rings.